The van der Waals surface area contributed by atoms with Crippen molar-refractivity contribution in [1.29, 1.82) is 0 Å². The summed E-state index contributed by atoms with van der Waals surface area (Å²) in [7, 11) is 0. The van der Waals surface area contributed by atoms with Crippen LogP contribution in [-0.4, -0.2) is 52.8 Å². The molecule has 1 saturated heterocycles. The van der Waals surface area contributed by atoms with Gasteiger partial charge in [-0.25, -0.2) is 0 Å². The lowest BCUT2D eigenvalue weighted by Gasteiger charge is -2.27. The minimum absolute atomic E-state index is 0.168. The van der Waals surface area contributed by atoms with Gasteiger partial charge in [-0.1, -0.05) is 12.1 Å². The largest absolute Gasteiger partial charge is 0.379 e. The van der Waals surface area contributed by atoms with E-state index in [2.05, 4.69) is 9.47 Å². The normalized spacial score (nSPS) is 16.7. The Bertz CT molecular complexity index is 1090. The molecule has 0 aliphatic carbocycles. The third-order valence-corrected chi connectivity index (χ3v) is 5.56. The summed E-state index contributed by atoms with van der Waals surface area (Å²) >= 11 is 0. The molecule has 2 aromatic heterocycles. The lowest BCUT2D eigenvalue weighted by molar-refractivity contribution is 0.0370. The molecule has 0 radical (unpaired) electrons. The number of pyridine rings is 1. The lowest BCUT2D eigenvalue weighted by Crippen LogP contribution is -2.37. The van der Waals surface area contributed by atoms with Crippen LogP contribution in [0.15, 0.2) is 47.4 Å². The van der Waals surface area contributed by atoms with Crippen molar-refractivity contribution < 1.29 is 9.53 Å². The van der Waals surface area contributed by atoms with Crippen LogP contribution in [0, 0.1) is 0 Å². The minimum atomic E-state index is -0.220. The molecule has 138 valence electrons. The topological polar surface area (TPSA) is 56.5 Å². The van der Waals surface area contributed by atoms with Gasteiger partial charge in [-0.2, -0.15) is 0 Å². The molecule has 0 bridgehead atoms. The highest BCUT2D eigenvalue weighted by molar-refractivity contribution is 6.10. The highest BCUT2D eigenvalue weighted by Crippen LogP contribution is 2.33. The average molecular weight is 363 g/mol. The van der Waals surface area contributed by atoms with Gasteiger partial charge < -0.3 is 9.30 Å². The van der Waals surface area contributed by atoms with Gasteiger partial charge in [0.1, 0.15) is 5.56 Å². The third-order valence-electron chi connectivity index (χ3n) is 5.56. The van der Waals surface area contributed by atoms with Gasteiger partial charge in [-0.15, -0.1) is 0 Å². The van der Waals surface area contributed by atoms with Gasteiger partial charge in [-0.05, 0) is 30.7 Å². The van der Waals surface area contributed by atoms with Gasteiger partial charge in [0.2, 0.25) is 5.43 Å². The van der Waals surface area contributed by atoms with Crippen LogP contribution in [0.2, 0.25) is 0 Å². The molecule has 2 aliphatic rings. The molecular weight excluding hydrogens is 342 g/mol. The van der Waals surface area contributed by atoms with E-state index < -0.39 is 0 Å². The molecule has 5 rings (SSSR count). The summed E-state index contributed by atoms with van der Waals surface area (Å²) in [6.07, 6.45) is 2.69. The van der Waals surface area contributed by atoms with Crippen molar-refractivity contribution in [1.82, 2.24) is 14.0 Å². The zero-order valence-corrected chi connectivity index (χ0v) is 15.1. The first kappa shape index (κ1) is 16.5. The number of rotatable bonds is 4. The Balaban J connectivity index is 1.59. The summed E-state index contributed by atoms with van der Waals surface area (Å²) < 4.78 is 9.16. The van der Waals surface area contributed by atoms with Crippen molar-refractivity contribution in [3.8, 4) is 11.4 Å². The van der Waals surface area contributed by atoms with Crippen molar-refractivity contribution in [3.63, 3.8) is 0 Å². The standard InChI is InChI=1S/C21H21N3O3/c25-20-15-5-1-2-6-16(15)23(10-4-8-22-11-13-27-14-12-22)19-17-7-3-9-24(17)21(26)18(19)20/h1-3,5-7,9H,4,8,10-14H2. The summed E-state index contributed by atoms with van der Waals surface area (Å²) in [5.74, 6) is -0.220. The van der Waals surface area contributed by atoms with E-state index in [9.17, 15) is 9.59 Å². The fraction of sp³-hybridized carbons (Fsp3) is 0.333. The summed E-state index contributed by atoms with van der Waals surface area (Å²) in [5.41, 5.74) is 2.60. The Morgan fingerprint density at radius 1 is 0.963 bits per heavy atom. The maximum atomic E-state index is 13.0. The predicted octanol–water partition coefficient (Wildman–Crippen LogP) is 2.19. The molecule has 6 heteroatoms. The molecule has 27 heavy (non-hydrogen) atoms. The molecule has 0 unspecified atom stereocenters. The Kier molecular flexibility index (Phi) is 3.95. The molecule has 0 atom stereocenters. The SMILES string of the molecule is O=C1c2c(n(CCCN3CCOCC3)c3ccccc3c2=O)-c2cccn21. The molecule has 4 heterocycles. The summed E-state index contributed by atoms with van der Waals surface area (Å²) in [6, 6.07) is 11.4. The Labute approximate surface area is 156 Å². The fourth-order valence-electron chi connectivity index (χ4n) is 4.24. The number of morpholine rings is 1. The zero-order valence-electron chi connectivity index (χ0n) is 15.1. The zero-order chi connectivity index (χ0) is 18.4. The molecule has 0 saturated carbocycles. The maximum Gasteiger partial charge on any atom is 0.268 e. The molecule has 0 spiro atoms. The summed E-state index contributed by atoms with van der Waals surface area (Å²) in [5, 5.41) is 0.613. The number of fused-ring (bicyclic) bond motifs is 4. The second kappa shape index (κ2) is 6.48. The second-order valence-electron chi connectivity index (χ2n) is 7.10. The first-order valence-corrected chi connectivity index (χ1v) is 9.44. The summed E-state index contributed by atoms with van der Waals surface area (Å²) in [6.45, 7) is 5.25. The third kappa shape index (κ3) is 2.56. The smallest absolute Gasteiger partial charge is 0.268 e. The van der Waals surface area contributed by atoms with Crippen LogP contribution in [0.4, 0.5) is 0 Å². The van der Waals surface area contributed by atoms with E-state index >= 15 is 0 Å². The first-order chi connectivity index (χ1) is 13.3. The fourth-order valence-corrected chi connectivity index (χ4v) is 4.24. The molecule has 0 amide bonds. The first-order valence-electron chi connectivity index (χ1n) is 9.44. The van der Waals surface area contributed by atoms with Gasteiger partial charge in [0, 0.05) is 37.8 Å². The number of para-hydroxylation sites is 1. The number of benzene rings is 1. The van der Waals surface area contributed by atoms with E-state index in [4.69, 9.17) is 4.74 Å². The number of carbonyl (C=O) groups excluding carboxylic acids is 1. The van der Waals surface area contributed by atoms with Gasteiger partial charge >= 0.3 is 0 Å². The van der Waals surface area contributed by atoms with Crippen LogP contribution in [0.1, 0.15) is 16.8 Å². The van der Waals surface area contributed by atoms with E-state index in [1.807, 2.05) is 36.4 Å². The molecule has 6 nitrogen and oxygen atoms in total. The van der Waals surface area contributed by atoms with Crippen LogP contribution in [0.25, 0.3) is 22.3 Å². The van der Waals surface area contributed by atoms with Gasteiger partial charge in [-0.3, -0.25) is 19.1 Å². The number of hydrogen-bond donors (Lipinski definition) is 0. The van der Waals surface area contributed by atoms with Crippen LogP contribution in [-0.2, 0) is 11.3 Å². The van der Waals surface area contributed by atoms with E-state index in [1.165, 1.54) is 0 Å². The molecule has 3 aromatic rings. The van der Waals surface area contributed by atoms with E-state index in [0.29, 0.717) is 10.9 Å². The van der Waals surface area contributed by atoms with Crippen LogP contribution >= 0.6 is 0 Å². The number of hydrogen-bond acceptors (Lipinski definition) is 4. The van der Waals surface area contributed by atoms with E-state index in [-0.39, 0.29) is 11.3 Å². The van der Waals surface area contributed by atoms with Crippen molar-refractivity contribution >= 4 is 16.8 Å². The molecule has 0 N–H and O–H groups in total. The van der Waals surface area contributed by atoms with Crippen molar-refractivity contribution in [2.75, 3.05) is 32.8 Å². The lowest BCUT2D eigenvalue weighted by atomic mass is 10.1. The maximum absolute atomic E-state index is 13.0. The summed E-state index contributed by atoms with van der Waals surface area (Å²) in [4.78, 5) is 28.2. The van der Waals surface area contributed by atoms with Gasteiger partial charge in [0.05, 0.1) is 30.1 Å². The monoisotopic (exact) mass is 363 g/mol. The minimum Gasteiger partial charge on any atom is -0.379 e. The second-order valence-corrected chi connectivity index (χ2v) is 7.10. The Hall–Kier alpha value is -2.70. The van der Waals surface area contributed by atoms with Crippen molar-refractivity contribution in [3.05, 3.63) is 58.4 Å². The quantitative estimate of drug-likeness (QED) is 0.558. The number of nitrogens with zero attached hydrogens (tertiary/aromatic N) is 3. The number of aryl methyl sites for hydroxylation is 1. The number of carbonyl (C=O) groups is 1. The van der Waals surface area contributed by atoms with Crippen molar-refractivity contribution in [2.45, 2.75) is 13.0 Å². The highest BCUT2D eigenvalue weighted by atomic mass is 16.5. The Morgan fingerprint density at radius 2 is 1.78 bits per heavy atom. The van der Waals surface area contributed by atoms with E-state index in [1.54, 1.807) is 10.8 Å². The molecular formula is C21H21N3O3. The van der Waals surface area contributed by atoms with Crippen LogP contribution < -0.4 is 5.43 Å². The van der Waals surface area contributed by atoms with Crippen molar-refractivity contribution in [2.24, 2.45) is 0 Å². The predicted molar refractivity (Wildman–Crippen MR) is 103 cm³/mol. The van der Waals surface area contributed by atoms with Crippen LogP contribution in [0.3, 0.4) is 0 Å². The molecule has 1 fully saturated rings. The number of ether oxygens (including phenoxy) is 1. The highest BCUT2D eigenvalue weighted by Gasteiger charge is 2.32. The van der Waals surface area contributed by atoms with Gasteiger partial charge in [0.25, 0.3) is 5.91 Å². The van der Waals surface area contributed by atoms with Crippen LogP contribution in [0.5, 0.6) is 0 Å². The molecule has 2 aliphatic heterocycles. The van der Waals surface area contributed by atoms with Gasteiger partial charge in [0.15, 0.2) is 0 Å². The van der Waals surface area contributed by atoms with E-state index in [0.717, 1.165) is 62.7 Å². The Morgan fingerprint density at radius 3 is 2.63 bits per heavy atom. The number of aromatic nitrogens is 2. The molecule has 1 aromatic carbocycles. The average Bonchev–Trinajstić information content (AvgIpc) is 3.28.